The zero-order chi connectivity index (χ0) is 12.8. The second-order valence-corrected chi connectivity index (χ2v) is 4.41. The van der Waals surface area contributed by atoms with Crippen LogP contribution in [-0.2, 0) is 0 Å². The molecule has 0 radical (unpaired) electrons. The maximum absolute atomic E-state index is 13.1. The van der Waals surface area contributed by atoms with Crippen molar-refractivity contribution >= 4 is 5.69 Å². The van der Waals surface area contributed by atoms with Gasteiger partial charge < -0.3 is 15.2 Å². The number of aliphatic hydroxyl groups is 1. The first-order chi connectivity index (χ1) is 8.08. The highest BCUT2D eigenvalue weighted by molar-refractivity contribution is 5.56. The molecule has 3 nitrogen and oxygen atoms in total. The molecule has 0 aliphatic rings. The summed E-state index contributed by atoms with van der Waals surface area (Å²) >= 11 is 0. The van der Waals surface area contributed by atoms with Gasteiger partial charge in [0, 0.05) is 25.1 Å². The van der Waals surface area contributed by atoms with Gasteiger partial charge >= 0.3 is 0 Å². The third-order valence-corrected chi connectivity index (χ3v) is 2.89. The first kappa shape index (κ1) is 13.8. The molecule has 96 valence electrons. The highest BCUT2D eigenvalue weighted by Crippen LogP contribution is 2.25. The number of methoxy groups -OCH3 is 1. The van der Waals surface area contributed by atoms with Crippen molar-refractivity contribution in [3.8, 4) is 5.75 Å². The average Bonchev–Trinajstić information content (AvgIpc) is 2.29. The van der Waals surface area contributed by atoms with Gasteiger partial charge in [-0.05, 0) is 18.1 Å². The van der Waals surface area contributed by atoms with E-state index in [1.807, 2.05) is 13.8 Å². The van der Waals surface area contributed by atoms with Crippen molar-refractivity contribution in [1.29, 1.82) is 0 Å². The van der Waals surface area contributed by atoms with E-state index in [-0.39, 0.29) is 18.3 Å². The molecule has 17 heavy (non-hydrogen) atoms. The summed E-state index contributed by atoms with van der Waals surface area (Å²) in [5.41, 5.74) is 0.617. The maximum Gasteiger partial charge on any atom is 0.142 e. The predicted molar refractivity (Wildman–Crippen MR) is 66.9 cm³/mol. The molecule has 0 fully saturated rings. The molecule has 0 aromatic heterocycles. The van der Waals surface area contributed by atoms with Gasteiger partial charge in [0.25, 0.3) is 0 Å². The number of nitrogens with one attached hydrogen (secondary N) is 1. The van der Waals surface area contributed by atoms with Crippen LogP contribution in [0.25, 0.3) is 0 Å². The SMILES string of the molecule is COc1ccc(F)cc1NCC(CO)C(C)C. The molecule has 0 saturated heterocycles. The Kier molecular flexibility index (Phi) is 5.22. The number of benzene rings is 1. The van der Waals surface area contributed by atoms with Gasteiger partial charge in [0.05, 0.1) is 12.8 Å². The number of hydrogen-bond donors (Lipinski definition) is 2. The second kappa shape index (κ2) is 6.45. The van der Waals surface area contributed by atoms with Crippen LogP contribution < -0.4 is 10.1 Å². The molecule has 0 aliphatic heterocycles. The van der Waals surface area contributed by atoms with Gasteiger partial charge in [-0.2, -0.15) is 0 Å². The molecule has 0 heterocycles. The summed E-state index contributed by atoms with van der Waals surface area (Å²) in [5, 5.41) is 12.3. The van der Waals surface area contributed by atoms with Crippen LogP contribution in [0.2, 0.25) is 0 Å². The monoisotopic (exact) mass is 241 g/mol. The van der Waals surface area contributed by atoms with Gasteiger partial charge in [-0.1, -0.05) is 13.8 Å². The quantitative estimate of drug-likeness (QED) is 0.804. The van der Waals surface area contributed by atoms with E-state index in [4.69, 9.17) is 4.74 Å². The zero-order valence-corrected chi connectivity index (χ0v) is 10.5. The molecular weight excluding hydrogens is 221 g/mol. The number of rotatable bonds is 6. The summed E-state index contributed by atoms with van der Waals surface area (Å²) in [4.78, 5) is 0. The van der Waals surface area contributed by atoms with Crippen molar-refractivity contribution in [3.63, 3.8) is 0 Å². The van der Waals surface area contributed by atoms with E-state index in [0.717, 1.165) is 0 Å². The van der Waals surface area contributed by atoms with Crippen molar-refractivity contribution in [1.82, 2.24) is 0 Å². The largest absolute Gasteiger partial charge is 0.495 e. The van der Waals surface area contributed by atoms with Gasteiger partial charge in [0.1, 0.15) is 11.6 Å². The molecule has 0 spiro atoms. The minimum atomic E-state index is -0.307. The summed E-state index contributed by atoms with van der Waals surface area (Å²) < 4.78 is 18.2. The Bertz CT molecular complexity index is 355. The Labute approximate surface area is 102 Å². The van der Waals surface area contributed by atoms with Crippen LogP contribution in [0.1, 0.15) is 13.8 Å². The van der Waals surface area contributed by atoms with E-state index < -0.39 is 0 Å². The third kappa shape index (κ3) is 3.89. The average molecular weight is 241 g/mol. The lowest BCUT2D eigenvalue weighted by molar-refractivity contribution is 0.198. The zero-order valence-electron chi connectivity index (χ0n) is 10.5. The molecule has 0 amide bonds. The minimum Gasteiger partial charge on any atom is -0.495 e. The molecular formula is C13H20FNO2. The fourth-order valence-corrected chi connectivity index (χ4v) is 1.57. The van der Waals surface area contributed by atoms with E-state index >= 15 is 0 Å². The summed E-state index contributed by atoms with van der Waals surface area (Å²) in [7, 11) is 1.55. The first-order valence-electron chi connectivity index (χ1n) is 5.76. The molecule has 1 rings (SSSR count). The van der Waals surface area contributed by atoms with E-state index in [1.54, 1.807) is 13.2 Å². The lowest BCUT2D eigenvalue weighted by Crippen LogP contribution is -2.23. The summed E-state index contributed by atoms with van der Waals surface area (Å²) in [6.45, 7) is 4.80. The Hall–Kier alpha value is -1.29. The van der Waals surface area contributed by atoms with Crippen LogP contribution in [0.4, 0.5) is 10.1 Å². The van der Waals surface area contributed by atoms with Crippen LogP contribution in [0.15, 0.2) is 18.2 Å². The lowest BCUT2D eigenvalue weighted by atomic mass is 9.97. The van der Waals surface area contributed by atoms with Gasteiger partial charge in [0.2, 0.25) is 0 Å². The van der Waals surface area contributed by atoms with Gasteiger partial charge in [-0.15, -0.1) is 0 Å². The fourth-order valence-electron chi connectivity index (χ4n) is 1.57. The Balaban J connectivity index is 2.70. The van der Waals surface area contributed by atoms with E-state index in [9.17, 15) is 9.50 Å². The van der Waals surface area contributed by atoms with Gasteiger partial charge in [0.15, 0.2) is 0 Å². The second-order valence-electron chi connectivity index (χ2n) is 4.41. The smallest absolute Gasteiger partial charge is 0.142 e. The van der Waals surface area contributed by atoms with E-state index in [0.29, 0.717) is 23.9 Å². The van der Waals surface area contributed by atoms with Gasteiger partial charge in [-0.25, -0.2) is 4.39 Å². The van der Waals surface area contributed by atoms with Crippen molar-refractivity contribution in [2.45, 2.75) is 13.8 Å². The van der Waals surface area contributed by atoms with Crippen LogP contribution in [-0.4, -0.2) is 25.4 Å². The number of ether oxygens (including phenoxy) is 1. The van der Waals surface area contributed by atoms with Crippen molar-refractivity contribution in [2.24, 2.45) is 11.8 Å². The van der Waals surface area contributed by atoms with E-state index in [1.165, 1.54) is 12.1 Å². The van der Waals surface area contributed by atoms with Crippen LogP contribution in [0, 0.1) is 17.7 Å². The maximum atomic E-state index is 13.1. The Morgan fingerprint density at radius 1 is 1.41 bits per heavy atom. The highest BCUT2D eigenvalue weighted by Gasteiger charge is 2.13. The molecule has 0 bridgehead atoms. The molecule has 1 aromatic carbocycles. The van der Waals surface area contributed by atoms with Crippen LogP contribution in [0.3, 0.4) is 0 Å². The lowest BCUT2D eigenvalue weighted by Gasteiger charge is -2.20. The summed E-state index contributed by atoms with van der Waals surface area (Å²) in [6.07, 6.45) is 0. The van der Waals surface area contributed by atoms with Gasteiger partial charge in [-0.3, -0.25) is 0 Å². The molecule has 1 atom stereocenters. The fraction of sp³-hybridized carbons (Fsp3) is 0.538. The number of aliphatic hydroxyl groups excluding tert-OH is 1. The normalized spacial score (nSPS) is 12.6. The molecule has 2 N–H and O–H groups in total. The number of anilines is 1. The topological polar surface area (TPSA) is 41.5 Å². The highest BCUT2D eigenvalue weighted by atomic mass is 19.1. The Morgan fingerprint density at radius 2 is 2.12 bits per heavy atom. The van der Waals surface area contributed by atoms with Crippen LogP contribution in [0.5, 0.6) is 5.75 Å². The first-order valence-corrected chi connectivity index (χ1v) is 5.76. The number of hydrogen-bond acceptors (Lipinski definition) is 3. The van der Waals surface area contributed by atoms with Crippen molar-refractivity contribution < 1.29 is 14.2 Å². The van der Waals surface area contributed by atoms with E-state index in [2.05, 4.69) is 5.32 Å². The standard InChI is InChI=1S/C13H20FNO2/c1-9(2)10(8-16)7-15-12-6-11(14)4-5-13(12)17-3/h4-6,9-10,15-16H,7-8H2,1-3H3. The molecule has 0 aliphatic carbocycles. The van der Waals surface area contributed by atoms with Crippen molar-refractivity contribution in [3.05, 3.63) is 24.0 Å². The summed E-state index contributed by atoms with van der Waals surface area (Å²) in [5.74, 6) is 0.806. The van der Waals surface area contributed by atoms with Crippen molar-refractivity contribution in [2.75, 3.05) is 25.6 Å². The Morgan fingerprint density at radius 3 is 2.65 bits per heavy atom. The molecule has 0 saturated carbocycles. The molecule has 4 heteroatoms. The molecule has 1 aromatic rings. The van der Waals surface area contributed by atoms with Crippen LogP contribution >= 0.6 is 0 Å². The number of halogens is 1. The predicted octanol–water partition coefficient (Wildman–Crippen LogP) is 2.51. The molecule has 1 unspecified atom stereocenters. The minimum absolute atomic E-state index is 0.113. The summed E-state index contributed by atoms with van der Waals surface area (Å²) in [6, 6.07) is 4.34. The third-order valence-electron chi connectivity index (χ3n) is 2.89.